The van der Waals surface area contributed by atoms with Gasteiger partial charge in [0, 0.05) is 7.05 Å². The topological polar surface area (TPSA) is 58.6 Å². The molecule has 2 amide bonds. The second-order valence-corrected chi connectivity index (χ2v) is 4.50. The second kappa shape index (κ2) is 5.69. The van der Waals surface area contributed by atoms with Crippen LogP contribution in [0.4, 0.5) is 9.18 Å². The van der Waals surface area contributed by atoms with Crippen LogP contribution in [-0.4, -0.2) is 43.1 Å². The Hall–Kier alpha value is -2.11. The molecular weight excluding hydrogens is 251 g/mol. The molecule has 0 radical (unpaired) electrons. The number of hydrogen-bond donors (Lipinski definition) is 1. The normalized spacial score (nSPS) is 18.3. The van der Waals surface area contributed by atoms with Gasteiger partial charge in [0.15, 0.2) is 0 Å². The predicted octanol–water partition coefficient (Wildman–Crippen LogP) is 0.935. The molecule has 1 aromatic carbocycles. The summed E-state index contributed by atoms with van der Waals surface area (Å²) in [4.78, 5) is 24.2. The van der Waals surface area contributed by atoms with Crippen LogP contribution in [0.5, 0.6) is 0 Å². The lowest BCUT2D eigenvalue weighted by Gasteiger charge is -2.09. The number of nitrogens with zero attached hydrogens (tertiary/aromatic N) is 1. The molecule has 0 saturated carbocycles. The van der Waals surface area contributed by atoms with Crippen molar-refractivity contribution in [2.75, 3.05) is 20.1 Å². The van der Waals surface area contributed by atoms with Crippen molar-refractivity contribution < 1.29 is 18.7 Å². The van der Waals surface area contributed by atoms with Gasteiger partial charge < -0.3 is 15.0 Å². The molecule has 0 bridgehead atoms. The van der Waals surface area contributed by atoms with Crippen LogP contribution in [-0.2, 0) is 16.0 Å². The Balaban J connectivity index is 1.78. The third-order valence-electron chi connectivity index (χ3n) is 2.84. The number of likely N-dealkylation sites (N-methyl/N-ethyl adjacent to an activating group) is 1. The molecule has 1 heterocycles. The summed E-state index contributed by atoms with van der Waals surface area (Å²) < 4.78 is 17.9. The number of rotatable bonds is 4. The van der Waals surface area contributed by atoms with E-state index in [4.69, 9.17) is 4.74 Å². The van der Waals surface area contributed by atoms with Gasteiger partial charge in [0.05, 0.1) is 19.5 Å². The summed E-state index contributed by atoms with van der Waals surface area (Å²) in [5.74, 6) is -0.590. The number of ether oxygens (including phenoxy) is 1. The van der Waals surface area contributed by atoms with Crippen molar-refractivity contribution in [3.8, 4) is 0 Å². The molecular formula is C13H15FN2O3. The molecule has 0 spiro atoms. The number of hydrogen-bond acceptors (Lipinski definition) is 3. The number of carbonyl (C=O) groups excluding carboxylic acids is 2. The predicted molar refractivity (Wildman–Crippen MR) is 66.0 cm³/mol. The highest BCUT2D eigenvalue weighted by molar-refractivity contribution is 5.78. The van der Waals surface area contributed by atoms with E-state index in [2.05, 4.69) is 5.32 Å². The minimum Gasteiger partial charge on any atom is -0.442 e. The van der Waals surface area contributed by atoms with Gasteiger partial charge in [0.25, 0.3) is 0 Å². The molecule has 1 saturated heterocycles. The Labute approximate surface area is 110 Å². The van der Waals surface area contributed by atoms with Gasteiger partial charge in [-0.3, -0.25) is 4.79 Å². The van der Waals surface area contributed by atoms with E-state index < -0.39 is 0 Å². The molecule has 1 unspecified atom stereocenters. The smallest absolute Gasteiger partial charge is 0.410 e. The SMILES string of the molecule is CN1CC(CNC(=O)Cc2cccc(F)c2)OC1=O. The van der Waals surface area contributed by atoms with Crippen LogP contribution in [0.15, 0.2) is 24.3 Å². The van der Waals surface area contributed by atoms with Crippen LogP contribution in [0.2, 0.25) is 0 Å². The summed E-state index contributed by atoms with van der Waals surface area (Å²) in [6.07, 6.45) is -0.604. The third-order valence-corrected chi connectivity index (χ3v) is 2.84. The Kier molecular flexibility index (Phi) is 3.99. The fourth-order valence-electron chi connectivity index (χ4n) is 1.88. The van der Waals surface area contributed by atoms with Gasteiger partial charge in [-0.25, -0.2) is 9.18 Å². The average Bonchev–Trinajstić information content (AvgIpc) is 2.66. The van der Waals surface area contributed by atoms with E-state index in [1.165, 1.54) is 17.0 Å². The molecule has 1 aliphatic rings. The minimum absolute atomic E-state index is 0.105. The van der Waals surface area contributed by atoms with Crippen molar-refractivity contribution in [1.29, 1.82) is 0 Å². The largest absolute Gasteiger partial charge is 0.442 e. The summed E-state index contributed by atoms with van der Waals surface area (Å²) in [5.41, 5.74) is 0.609. The Morgan fingerprint density at radius 1 is 1.58 bits per heavy atom. The van der Waals surface area contributed by atoms with E-state index in [0.29, 0.717) is 12.1 Å². The lowest BCUT2D eigenvalue weighted by atomic mass is 10.1. The zero-order valence-corrected chi connectivity index (χ0v) is 10.6. The lowest BCUT2D eigenvalue weighted by Crippen LogP contribution is -2.35. The van der Waals surface area contributed by atoms with Crippen molar-refractivity contribution in [2.45, 2.75) is 12.5 Å². The van der Waals surface area contributed by atoms with Crippen LogP contribution in [0.25, 0.3) is 0 Å². The summed E-state index contributed by atoms with van der Waals surface area (Å²) >= 11 is 0. The van der Waals surface area contributed by atoms with Crippen molar-refractivity contribution >= 4 is 12.0 Å². The van der Waals surface area contributed by atoms with Gasteiger partial charge in [-0.2, -0.15) is 0 Å². The van der Waals surface area contributed by atoms with E-state index in [-0.39, 0.29) is 36.9 Å². The molecule has 1 atom stereocenters. The molecule has 0 aliphatic carbocycles. The molecule has 2 rings (SSSR count). The molecule has 102 valence electrons. The van der Waals surface area contributed by atoms with Gasteiger partial charge in [-0.1, -0.05) is 12.1 Å². The molecule has 0 aromatic heterocycles. The Morgan fingerprint density at radius 2 is 2.37 bits per heavy atom. The second-order valence-electron chi connectivity index (χ2n) is 4.50. The van der Waals surface area contributed by atoms with E-state index >= 15 is 0 Å². The summed E-state index contributed by atoms with van der Waals surface area (Å²) in [6, 6.07) is 5.90. The molecule has 19 heavy (non-hydrogen) atoms. The Morgan fingerprint density at radius 3 is 3.00 bits per heavy atom. The molecule has 5 nitrogen and oxygen atoms in total. The Bertz CT molecular complexity index is 493. The van der Waals surface area contributed by atoms with Gasteiger partial charge in [0.1, 0.15) is 11.9 Å². The van der Waals surface area contributed by atoms with E-state index in [9.17, 15) is 14.0 Å². The first-order chi connectivity index (χ1) is 9.04. The molecule has 1 aliphatic heterocycles. The van der Waals surface area contributed by atoms with Gasteiger partial charge >= 0.3 is 6.09 Å². The first-order valence-electron chi connectivity index (χ1n) is 5.97. The zero-order valence-electron chi connectivity index (χ0n) is 10.6. The summed E-state index contributed by atoms with van der Waals surface area (Å²) in [5, 5.41) is 2.67. The quantitative estimate of drug-likeness (QED) is 0.882. The van der Waals surface area contributed by atoms with Crippen molar-refractivity contribution in [3.05, 3.63) is 35.6 Å². The monoisotopic (exact) mass is 266 g/mol. The first kappa shape index (κ1) is 13.3. The number of carbonyl (C=O) groups is 2. The van der Waals surface area contributed by atoms with E-state index in [1.54, 1.807) is 19.2 Å². The number of cyclic esters (lactones) is 1. The highest BCUT2D eigenvalue weighted by Crippen LogP contribution is 2.08. The maximum Gasteiger partial charge on any atom is 0.410 e. The third kappa shape index (κ3) is 3.67. The molecule has 1 fully saturated rings. The van der Waals surface area contributed by atoms with Crippen LogP contribution in [0.1, 0.15) is 5.56 Å². The molecule has 6 heteroatoms. The fourth-order valence-corrected chi connectivity index (χ4v) is 1.88. The van der Waals surface area contributed by atoms with Crippen LogP contribution in [0.3, 0.4) is 0 Å². The van der Waals surface area contributed by atoms with E-state index in [1.807, 2.05) is 0 Å². The van der Waals surface area contributed by atoms with E-state index in [0.717, 1.165) is 0 Å². The maximum absolute atomic E-state index is 12.9. The van der Waals surface area contributed by atoms with Crippen molar-refractivity contribution in [1.82, 2.24) is 10.2 Å². The number of nitrogens with one attached hydrogen (secondary N) is 1. The summed E-state index contributed by atoms with van der Waals surface area (Å²) in [6.45, 7) is 0.726. The van der Waals surface area contributed by atoms with Crippen LogP contribution >= 0.6 is 0 Å². The molecule has 1 aromatic rings. The highest BCUT2D eigenvalue weighted by Gasteiger charge is 2.28. The maximum atomic E-state index is 12.9. The van der Waals surface area contributed by atoms with Crippen molar-refractivity contribution in [2.24, 2.45) is 0 Å². The first-order valence-corrected chi connectivity index (χ1v) is 5.97. The summed E-state index contributed by atoms with van der Waals surface area (Å²) in [7, 11) is 1.64. The van der Waals surface area contributed by atoms with Gasteiger partial charge in [-0.15, -0.1) is 0 Å². The highest BCUT2D eigenvalue weighted by atomic mass is 19.1. The van der Waals surface area contributed by atoms with Crippen molar-refractivity contribution in [3.63, 3.8) is 0 Å². The number of benzene rings is 1. The number of amides is 2. The minimum atomic E-state index is -0.385. The van der Waals surface area contributed by atoms with Gasteiger partial charge in [-0.05, 0) is 17.7 Å². The average molecular weight is 266 g/mol. The van der Waals surface area contributed by atoms with Crippen LogP contribution in [0, 0.1) is 5.82 Å². The van der Waals surface area contributed by atoms with Gasteiger partial charge in [0.2, 0.25) is 5.91 Å². The zero-order chi connectivity index (χ0) is 13.8. The molecule has 1 N–H and O–H groups in total. The number of halogens is 1. The lowest BCUT2D eigenvalue weighted by molar-refractivity contribution is -0.120. The van der Waals surface area contributed by atoms with Crippen LogP contribution < -0.4 is 5.32 Å². The standard InChI is InChI=1S/C13H15FN2O3/c1-16-8-11(19-13(16)18)7-15-12(17)6-9-3-2-4-10(14)5-9/h2-5,11H,6-8H2,1H3,(H,15,17). The fraction of sp³-hybridized carbons (Fsp3) is 0.385.